The first kappa shape index (κ1) is 21.7. The summed E-state index contributed by atoms with van der Waals surface area (Å²) in [6.07, 6.45) is 24.7. The van der Waals surface area contributed by atoms with Gasteiger partial charge in [-0.3, -0.25) is 0 Å². The van der Waals surface area contributed by atoms with Gasteiger partial charge in [-0.25, -0.2) is 0 Å². The van der Waals surface area contributed by atoms with Crippen LogP contribution in [0.5, 0.6) is 0 Å². The van der Waals surface area contributed by atoms with Crippen molar-refractivity contribution in [2.75, 3.05) is 0 Å². The molecule has 0 amide bonds. The Morgan fingerprint density at radius 3 is 1.86 bits per heavy atom. The minimum atomic E-state index is 0.896. The van der Waals surface area contributed by atoms with E-state index in [0.717, 1.165) is 11.8 Å². The number of rotatable bonds is 11. The van der Waals surface area contributed by atoms with E-state index in [-0.39, 0.29) is 0 Å². The van der Waals surface area contributed by atoms with Crippen molar-refractivity contribution in [1.29, 1.82) is 0 Å². The quantitative estimate of drug-likeness (QED) is 0.266. The van der Waals surface area contributed by atoms with Crippen molar-refractivity contribution >= 4 is 0 Å². The summed E-state index contributed by atoms with van der Waals surface area (Å²) in [6.45, 7) is 9.17. The van der Waals surface area contributed by atoms with E-state index in [1.54, 1.807) is 0 Å². The molecule has 0 aromatic carbocycles. The van der Waals surface area contributed by atoms with Crippen LogP contribution in [0.3, 0.4) is 0 Å². The molecule has 1 aliphatic carbocycles. The van der Waals surface area contributed by atoms with Crippen LogP contribution >= 0.6 is 0 Å². The maximum atomic E-state index is 2.48. The zero-order valence-electron chi connectivity index (χ0n) is 16.2. The molecular weight excluding hydrogens is 264 g/mol. The Kier molecular flexibility index (Phi) is 16.9. The van der Waals surface area contributed by atoms with Gasteiger partial charge in [0.25, 0.3) is 0 Å². The van der Waals surface area contributed by atoms with Crippen LogP contribution in [0.4, 0.5) is 0 Å². The monoisotopic (exact) mass is 308 g/mol. The van der Waals surface area contributed by atoms with Crippen molar-refractivity contribution in [1.82, 2.24) is 0 Å². The Bertz CT molecular complexity index is 216. The molecule has 1 saturated carbocycles. The molecule has 22 heavy (non-hydrogen) atoms. The zero-order chi connectivity index (χ0) is 16.5. The summed E-state index contributed by atoms with van der Waals surface area (Å²) in [5.41, 5.74) is 0. The SMILES string of the molecule is CCCCC(C)C/C=C/C1CCCC1.CCCCCCCC. The minimum Gasteiger partial charge on any atom is -0.0880 e. The standard InChI is InChI=1S/C14H26.C8H18/c1-3-4-8-13(2)9-7-12-14-10-5-6-11-14;1-3-5-7-8-6-4-2/h7,12-14H,3-6,8-11H2,1-2H3;3-8H2,1-2H3/b12-7+;. The van der Waals surface area contributed by atoms with Gasteiger partial charge < -0.3 is 0 Å². The Balaban J connectivity index is 0.000000472. The van der Waals surface area contributed by atoms with Gasteiger partial charge in [-0.2, -0.15) is 0 Å². The molecule has 1 rings (SSSR count). The number of unbranched alkanes of at least 4 members (excludes halogenated alkanes) is 6. The first-order chi connectivity index (χ1) is 10.7. The van der Waals surface area contributed by atoms with Crippen molar-refractivity contribution in [2.24, 2.45) is 11.8 Å². The molecule has 0 nitrogen and oxygen atoms in total. The molecule has 1 aliphatic rings. The Labute approximate surface area is 142 Å². The molecule has 0 aromatic rings. The lowest BCUT2D eigenvalue weighted by Crippen LogP contribution is -1.93. The molecule has 0 heteroatoms. The van der Waals surface area contributed by atoms with Gasteiger partial charge in [0.2, 0.25) is 0 Å². The van der Waals surface area contributed by atoms with E-state index in [9.17, 15) is 0 Å². The second-order valence-electron chi connectivity index (χ2n) is 7.37. The maximum Gasteiger partial charge on any atom is -0.0234 e. The Morgan fingerprint density at radius 2 is 1.36 bits per heavy atom. The van der Waals surface area contributed by atoms with Gasteiger partial charge in [0.1, 0.15) is 0 Å². The summed E-state index contributed by atoms with van der Waals surface area (Å²) in [5.74, 6) is 1.82. The molecule has 0 spiro atoms. The molecule has 132 valence electrons. The molecule has 0 aliphatic heterocycles. The molecule has 0 radical (unpaired) electrons. The number of hydrogen-bond donors (Lipinski definition) is 0. The van der Waals surface area contributed by atoms with E-state index in [4.69, 9.17) is 0 Å². The molecule has 0 aromatic heterocycles. The predicted molar refractivity (Wildman–Crippen MR) is 103 cm³/mol. The lowest BCUT2D eigenvalue weighted by Gasteiger charge is -2.07. The van der Waals surface area contributed by atoms with Gasteiger partial charge in [0.15, 0.2) is 0 Å². The summed E-state index contributed by atoms with van der Waals surface area (Å²) in [5, 5.41) is 0. The normalized spacial score (nSPS) is 16.7. The fourth-order valence-electron chi connectivity index (χ4n) is 3.18. The van der Waals surface area contributed by atoms with E-state index in [1.165, 1.54) is 89.9 Å². The minimum absolute atomic E-state index is 0.896. The van der Waals surface area contributed by atoms with Crippen LogP contribution in [0, 0.1) is 11.8 Å². The van der Waals surface area contributed by atoms with Crippen molar-refractivity contribution in [3.8, 4) is 0 Å². The van der Waals surface area contributed by atoms with Crippen molar-refractivity contribution in [3.05, 3.63) is 12.2 Å². The third kappa shape index (κ3) is 14.7. The number of allylic oxidation sites excluding steroid dienone is 2. The average Bonchev–Trinajstić information content (AvgIpc) is 3.04. The topological polar surface area (TPSA) is 0 Å². The Hall–Kier alpha value is -0.260. The molecule has 1 fully saturated rings. The molecule has 1 atom stereocenters. The summed E-state index contributed by atoms with van der Waals surface area (Å²) in [4.78, 5) is 0. The summed E-state index contributed by atoms with van der Waals surface area (Å²) < 4.78 is 0. The first-order valence-corrected chi connectivity index (χ1v) is 10.4. The fourth-order valence-corrected chi connectivity index (χ4v) is 3.18. The van der Waals surface area contributed by atoms with Crippen molar-refractivity contribution < 1.29 is 0 Å². The van der Waals surface area contributed by atoms with E-state index in [2.05, 4.69) is 39.8 Å². The van der Waals surface area contributed by atoms with Gasteiger partial charge >= 0.3 is 0 Å². The summed E-state index contributed by atoms with van der Waals surface area (Å²) in [7, 11) is 0. The lowest BCUT2D eigenvalue weighted by molar-refractivity contribution is 0.510. The molecular formula is C22H44. The van der Waals surface area contributed by atoms with E-state index in [0.29, 0.717) is 0 Å². The van der Waals surface area contributed by atoms with Crippen LogP contribution in [0.25, 0.3) is 0 Å². The average molecular weight is 309 g/mol. The maximum absolute atomic E-state index is 2.48. The molecule has 0 heterocycles. The molecule has 0 bridgehead atoms. The van der Waals surface area contributed by atoms with Gasteiger partial charge in [0, 0.05) is 0 Å². The van der Waals surface area contributed by atoms with Crippen LogP contribution in [0.2, 0.25) is 0 Å². The molecule has 0 saturated heterocycles. The summed E-state index contributed by atoms with van der Waals surface area (Å²) >= 11 is 0. The van der Waals surface area contributed by atoms with Crippen LogP contribution in [-0.2, 0) is 0 Å². The zero-order valence-corrected chi connectivity index (χ0v) is 16.2. The highest BCUT2D eigenvalue weighted by Crippen LogP contribution is 2.26. The third-order valence-electron chi connectivity index (χ3n) is 4.85. The van der Waals surface area contributed by atoms with Crippen LogP contribution < -0.4 is 0 Å². The highest BCUT2D eigenvalue weighted by Gasteiger charge is 2.10. The second-order valence-corrected chi connectivity index (χ2v) is 7.37. The second kappa shape index (κ2) is 17.1. The van der Waals surface area contributed by atoms with Gasteiger partial charge in [-0.15, -0.1) is 0 Å². The lowest BCUT2D eigenvalue weighted by atomic mass is 9.99. The summed E-state index contributed by atoms with van der Waals surface area (Å²) in [6, 6.07) is 0. The highest BCUT2D eigenvalue weighted by molar-refractivity contribution is 4.91. The number of hydrogen-bond acceptors (Lipinski definition) is 0. The van der Waals surface area contributed by atoms with Gasteiger partial charge in [-0.1, -0.05) is 110 Å². The van der Waals surface area contributed by atoms with Gasteiger partial charge in [-0.05, 0) is 31.1 Å². The van der Waals surface area contributed by atoms with E-state index < -0.39 is 0 Å². The molecule has 1 unspecified atom stereocenters. The smallest absolute Gasteiger partial charge is 0.0234 e. The van der Waals surface area contributed by atoms with Crippen LogP contribution in [-0.4, -0.2) is 0 Å². The largest absolute Gasteiger partial charge is 0.0880 e. The van der Waals surface area contributed by atoms with Crippen LogP contribution in [0.1, 0.15) is 118 Å². The van der Waals surface area contributed by atoms with Crippen LogP contribution in [0.15, 0.2) is 12.2 Å². The predicted octanol–water partition coefficient (Wildman–Crippen LogP) is 8.32. The first-order valence-electron chi connectivity index (χ1n) is 10.4. The molecule has 0 N–H and O–H groups in total. The van der Waals surface area contributed by atoms with Crippen molar-refractivity contribution in [3.63, 3.8) is 0 Å². The van der Waals surface area contributed by atoms with E-state index >= 15 is 0 Å². The highest BCUT2D eigenvalue weighted by atomic mass is 14.2. The Morgan fingerprint density at radius 1 is 0.818 bits per heavy atom. The van der Waals surface area contributed by atoms with Gasteiger partial charge in [0.05, 0.1) is 0 Å². The third-order valence-corrected chi connectivity index (χ3v) is 4.85. The van der Waals surface area contributed by atoms with E-state index in [1.807, 2.05) is 0 Å². The van der Waals surface area contributed by atoms with Crippen molar-refractivity contribution in [2.45, 2.75) is 118 Å². The fraction of sp³-hybridized carbons (Fsp3) is 0.909.